The maximum Gasteiger partial charge on any atom is 0.259 e. The Balaban J connectivity index is 1.12. The van der Waals surface area contributed by atoms with Crippen molar-refractivity contribution in [1.29, 1.82) is 5.26 Å². The quantitative estimate of drug-likeness (QED) is 0.507. The highest BCUT2D eigenvalue weighted by Gasteiger charge is 2.40. The summed E-state index contributed by atoms with van der Waals surface area (Å²) in [6.07, 6.45) is 9.24. The fourth-order valence-corrected chi connectivity index (χ4v) is 6.14. The maximum absolute atomic E-state index is 13.1. The predicted molar refractivity (Wildman–Crippen MR) is 147 cm³/mol. The largest absolute Gasteiger partial charge is 0.379 e. The van der Waals surface area contributed by atoms with E-state index in [1.54, 1.807) is 17.1 Å². The number of nitrogens with zero attached hydrogens (tertiary/aromatic N) is 6. The summed E-state index contributed by atoms with van der Waals surface area (Å²) in [4.78, 5) is 25.0. The van der Waals surface area contributed by atoms with Crippen molar-refractivity contribution in [3.8, 4) is 11.9 Å². The molecule has 0 bridgehead atoms. The lowest BCUT2D eigenvalue weighted by atomic mass is 9.71. The summed E-state index contributed by atoms with van der Waals surface area (Å²) < 4.78 is 7.20. The number of pyridine rings is 2. The van der Waals surface area contributed by atoms with Crippen LogP contribution < -0.4 is 5.32 Å². The van der Waals surface area contributed by atoms with Gasteiger partial charge in [-0.25, -0.2) is 9.67 Å². The number of nitrogens with one attached hydrogen (secondary N) is 1. The summed E-state index contributed by atoms with van der Waals surface area (Å²) in [5.74, 6) is 1.10. The second kappa shape index (κ2) is 10.5. The average molecular weight is 526 g/mol. The van der Waals surface area contributed by atoms with Crippen molar-refractivity contribution in [1.82, 2.24) is 24.6 Å². The van der Waals surface area contributed by atoms with Crippen molar-refractivity contribution in [2.24, 2.45) is 0 Å². The van der Waals surface area contributed by atoms with Crippen LogP contribution >= 0.6 is 0 Å². The summed E-state index contributed by atoms with van der Waals surface area (Å²) in [6, 6.07) is 10.9. The van der Waals surface area contributed by atoms with Gasteiger partial charge >= 0.3 is 0 Å². The highest BCUT2D eigenvalue weighted by molar-refractivity contribution is 6.04. The third kappa shape index (κ3) is 5.07. The summed E-state index contributed by atoms with van der Waals surface area (Å²) in [7, 11) is 0. The van der Waals surface area contributed by atoms with Crippen LogP contribution in [0.25, 0.3) is 5.82 Å². The SMILES string of the molecule is Cc1nc(-n2ncc(C(=O)Nc3ccc(C4(C#N)CCC(N5CCOCC5)CC4)nc3)c2C)ccc1C1CC1. The molecule has 0 unspecified atom stereocenters. The number of hydrogen-bond acceptors (Lipinski definition) is 7. The van der Waals surface area contributed by atoms with E-state index in [-0.39, 0.29) is 5.91 Å². The van der Waals surface area contributed by atoms with Gasteiger partial charge in [0.15, 0.2) is 5.82 Å². The number of aryl methyl sites for hydroxylation is 1. The molecule has 2 aliphatic carbocycles. The van der Waals surface area contributed by atoms with Crippen LogP contribution in [0.5, 0.6) is 0 Å². The zero-order valence-electron chi connectivity index (χ0n) is 22.7. The molecule has 1 N–H and O–H groups in total. The van der Waals surface area contributed by atoms with Gasteiger partial charge in [0, 0.05) is 24.8 Å². The number of morpholine rings is 1. The minimum absolute atomic E-state index is 0.249. The molecular formula is C30H35N7O2. The van der Waals surface area contributed by atoms with Gasteiger partial charge in [0.25, 0.3) is 5.91 Å². The minimum Gasteiger partial charge on any atom is -0.379 e. The summed E-state index contributed by atoms with van der Waals surface area (Å²) in [6.45, 7) is 7.43. The molecule has 0 spiro atoms. The van der Waals surface area contributed by atoms with E-state index in [9.17, 15) is 10.1 Å². The van der Waals surface area contributed by atoms with E-state index in [0.717, 1.165) is 69.1 Å². The number of nitriles is 1. The molecule has 202 valence electrons. The molecule has 0 atom stereocenters. The molecule has 1 aliphatic heterocycles. The van der Waals surface area contributed by atoms with Crippen molar-refractivity contribution in [2.75, 3.05) is 31.6 Å². The third-order valence-electron chi connectivity index (χ3n) is 8.70. The topological polar surface area (TPSA) is 109 Å². The monoisotopic (exact) mass is 525 g/mol. The second-order valence-corrected chi connectivity index (χ2v) is 11.1. The van der Waals surface area contributed by atoms with Crippen molar-refractivity contribution in [3.05, 3.63) is 64.9 Å². The number of carbonyl (C=O) groups is 1. The van der Waals surface area contributed by atoms with Gasteiger partial charge in [0.05, 0.1) is 59.7 Å². The molecule has 2 saturated carbocycles. The van der Waals surface area contributed by atoms with Crippen LogP contribution in [0.1, 0.15) is 77.4 Å². The highest BCUT2D eigenvalue weighted by Crippen LogP contribution is 2.41. The van der Waals surface area contributed by atoms with E-state index >= 15 is 0 Å². The predicted octanol–water partition coefficient (Wildman–Crippen LogP) is 4.45. The lowest BCUT2D eigenvalue weighted by Gasteiger charge is -2.41. The van der Waals surface area contributed by atoms with Crippen LogP contribution in [0, 0.1) is 25.2 Å². The van der Waals surface area contributed by atoms with Gasteiger partial charge in [-0.15, -0.1) is 0 Å². The number of aromatic nitrogens is 4. The van der Waals surface area contributed by atoms with E-state index in [4.69, 9.17) is 9.72 Å². The molecule has 3 fully saturated rings. The molecule has 39 heavy (non-hydrogen) atoms. The van der Waals surface area contributed by atoms with Gasteiger partial charge in [0.1, 0.15) is 0 Å². The van der Waals surface area contributed by atoms with Crippen molar-refractivity contribution in [2.45, 2.75) is 69.7 Å². The molecule has 0 aromatic carbocycles. The normalized spacial score (nSPS) is 23.8. The summed E-state index contributed by atoms with van der Waals surface area (Å²) >= 11 is 0. The first kappa shape index (κ1) is 25.7. The lowest BCUT2D eigenvalue weighted by Crippen LogP contribution is -2.47. The van der Waals surface area contributed by atoms with Gasteiger partial charge in [-0.05, 0) is 82.1 Å². The summed E-state index contributed by atoms with van der Waals surface area (Å²) in [5.41, 5.74) is 4.33. The Hall–Kier alpha value is -3.61. The average Bonchev–Trinajstić information content (AvgIpc) is 3.74. The molecular weight excluding hydrogens is 490 g/mol. The first-order chi connectivity index (χ1) is 19.0. The number of anilines is 1. The molecule has 0 radical (unpaired) electrons. The Morgan fingerprint density at radius 2 is 1.85 bits per heavy atom. The van der Waals surface area contributed by atoms with Crippen molar-refractivity contribution in [3.63, 3.8) is 0 Å². The molecule has 3 aromatic heterocycles. The molecule has 9 heteroatoms. The van der Waals surface area contributed by atoms with Crippen molar-refractivity contribution >= 4 is 11.6 Å². The van der Waals surface area contributed by atoms with Crippen molar-refractivity contribution < 1.29 is 9.53 Å². The van der Waals surface area contributed by atoms with Gasteiger partial charge < -0.3 is 10.1 Å². The van der Waals surface area contributed by atoms with Gasteiger partial charge in [-0.1, -0.05) is 6.07 Å². The lowest BCUT2D eigenvalue weighted by molar-refractivity contribution is 0.00493. The molecule has 1 amide bonds. The van der Waals surface area contributed by atoms with Gasteiger partial charge in [-0.2, -0.15) is 10.4 Å². The zero-order valence-corrected chi connectivity index (χ0v) is 22.7. The van der Waals surface area contributed by atoms with E-state index < -0.39 is 5.41 Å². The Bertz CT molecular complexity index is 1390. The Morgan fingerprint density at radius 1 is 1.08 bits per heavy atom. The Labute approximate surface area is 229 Å². The molecule has 4 heterocycles. The van der Waals surface area contributed by atoms with Crippen LogP contribution in [-0.2, 0) is 10.2 Å². The van der Waals surface area contributed by atoms with E-state index in [1.165, 1.54) is 18.4 Å². The Kier molecular flexibility index (Phi) is 6.92. The van der Waals surface area contributed by atoms with Crippen LogP contribution in [0.15, 0.2) is 36.7 Å². The molecule has 6 rings (SSSR count). The molecule has 9 nitrogen and oxygen atoms in total. The molecule has 1 saturated heterocycles. The number of carbonyl (C=O) groups excluding carboxylic acids is 1. The zero-order chi connectivity index (χ0) is 27.0. The van der Waals surface area contributed by atoms with Crippen LogP contribution in [0.3, 0.4) is 0 Å². The second-order valence-electron chi connectivity index (χ2n) is 11.1. The fourth-order valence-electron chi connectivity index (χ4n) is 6.14. The van der Waals surface area contributed by atoms with Crippen LogP contribution in [0.2, 0.25) is 0 Å². The number of ether oxygens (including phenoxy) is 1. The van der Waals surface area contributed by atoms with E-state index in [2.05, 4.69) is 32.4 Å². The molecule has 3 aromatic rings. The standard InChI is InChI=1S/C30H35N7O2/c1-20-25(22-3-4-22)6-8-28(34-20)37-21(2)26(18-33-37)29(38)35-23-5-7-27(32-17-23)30(19-31)11-9-24(10-12-30)36-13-15-39-16-14-36/h5-8,17-18,22,24H,3-4,9-16H2,1-2H3,(H,35,38). The fraction of sp³-hybridized carbons (Fsp3) is 0.500. The van der Waals surface area contributed by atoms with Crippen LogP contribution in [-0.4, -0.2) is 62.9 Å². The summed E-state index contributed by atoms with van der Waals surface area (Å²) in [5, 5.41) is 17.5. The smallest absolute Gasteiger partial charge is 0.259 e. The molecule has 3 aliphatic rings. The number of amides is 1. The van der Waals surface area contributed by atoms with E-state index in [1.807, 2.05) is 32.0 Å². The van der Waals surface area contributed by atoms with Crippen LogP contribution in [0.4, 0.5) is 5.69 Å². The first-order valence-corrected chi connectivity index (χ1v) is 14.0. The van der Waals surface area contributed by atoms with Gasteiger partial charge in [-0.3, -0.25) is 14.7 Å². The number of hydrogen-bond donors (Lipinski definition) is 1. The highest BCUT2D eigenvalue weighted by atomic mass is 16.5. The third-order valence-corrected chi connectivity index (χ3v) is 8.70. The Morgan fingerprint density at radius 3 is 2.49 bits per heavy atom. The first-order valence-electron chi connectivity index (χ1n) is 14.0. The maximum atomic E-state index is 13.1. The van der Waals surface area contributed by atoms with E-state index in [0.29, 0.717) is 29.0 Å². The van der Waals surface area contributed by atoms with Gasteiger partial charge in [0.2, 0.25) is 0 Å². The number of rotatable bonds is 6. The minimum atomic E-state index is -0.580.